The van der Waals surface area contributed by atoms with Gasteiger partial charge in [-0.05, 0) is 81.6 Å². The van der Waals surface area contributed by atoms with E-state index in [-0.39, 0.29) is 19.4 Å². The molecule has 34 heavy (non-hydrogen) atoms. The Labute approximate surface area is 201 Å². The molecule has 0 aliphatic rings. The summed E-state index contributed by atoms with van der Waals surface area (Å²) in [4.78, 5) is 52.6. The molecule has 0 heterocycles. The highest BCUT2D eigenvalue weighted by Gasteiger charge is 2.27. The van der Waals surface area contributed by atoms with E-state index in [1.54, 1.807) is 62.3 Å². The largest absolute Gasteiger partial charge is 0.480 e. The van der Waals surface area contributed by atoms with Crippen LogP contribution in [0.2, 0.25) is 0 Å². The van der Waals surface area contributed by atoms with Crippen LogP contribution in [0.1, 0.15) is 81.6 Å². The van der Waals surface area contributed by atoms with Gasteiger partial charge in [0, 0.05) is 6.54 Å². The van der Waals surface area contributed by atoms with E-state index in [0.717, 1.165) is 4.90 Å². The van der Waals surface area contributed by atoms with Crippen LogP contribution < -0.4 is 11.1 Å². The molecule has 0 aromatic heterocycles. The summed E-state index contributed by atoms with van der Waals surface area (Å²) in [5, 5.41) is 11.7. The van der Waals surface area contributed by atoms with Crippen molar-refractivity contribution < 1.29 is 38.5 Å². The van der Waals surface area contributed by atoms with E-state index in [1.807, 2.05) is 0 Å². The van der Waals surface area contributed by atoms with Crippen molar-refractivity contribution in [2.45, 2.75) is 104 Å². The molecule has 0 aromatic rings. The molecule has 0 aliphatic heterocycles. The molecule has 0 saturated heterocycles. The zero-order chi connectivity index (χ0) is 26.9. The van der Waals surface area contributed by atoms with Crippen molar-refractivity contribution in [1.82, 2.24) is 10.2 Å². The third-order valence-electron chi connectivity index (χ3n) is 3.60. The van der Waals surface area contributed by atoms with E-state index in [0.29, 0.717) is 6.42 Å². The standard InChI is InChI=1S/C22H40N4O8/c1-20(2,3)32-17(29)24-14(15(27)28)12-10-11-13-26(19(31)34-22(7,8)9)16(23)25-18(30)33-21(4,5)6/h14H,10-13H2,1-9H3,(H,24,29)(H,27,28)(H2,23,25,30)/t14-/m1/s1. The van der Waals surface area contributed by atoms with Crippen molar-refractivity contribution in [3.63, 3.8) is 0 Å². The van der Waals surface area contributed by atoms with Gasteiger partial charge in [0.25, 0.3) is 0 Å². The summed E-state index contributed by atoms with van der Waals surface area (Å²) < 4.78 is 15.5. The molecule has 3 amide bonds. The number of nitrogens with zero attached hydrogens (tertiary/aromatic N) is 2. The van der Waals surface area contributed by atoms with Crippen molar-refractivity contribution in [2.75, 3.05) is 6.54 Å². The van der Waals surface area contributed by atoms with E-state index in [1.165, 1.54) is 0 Å². The molecule has 12 heteroatoms. The first-order valence-corrected chi connectivity index (χ1v) is 11.0. The van der Waals surface area contributed by atoms with Gasteiger partial charge >= 0.3 is 24.2 Å². The summed E-state index contributed by atoms with van der Waals surface area (Å²) in [5.74, 6) is -1.63. The summed E-state index contributed by atoms with van der Waals surface area (Å²) in [5.41, 5.74) is 3.48. The van der Waals surface area contributed by atoms with Gasteiger partial charge in [-0.15, -0.1) is 4.99 Å². The summed E-state index contributed by atoms with van der Waals surface area (Å²) in [7, 11) is 0. The third-order valence-corrected chi connectivity index (χ3v) is 3.60. The van der Waals surface area contributed by atoms with Gasteiger partial charge < -0.3 is 30.4 Å². The van der Waals surface area contributed by atoms with Gasteiger partial charge in [-0.1, -0.05) is 0 Å². The number of hydrogen-bond donors (Lipinski definition) is 3. The molecule has 4 N–H and O–H groups in total. The number of carboxylic acid groups (broad SMARTS) is 1. The molecule has 0 saturated carbocycles. The van der Waals surface area contributed by atoms with Crippen LogP contribution in [0.15, 0.2) is 4.99 Å². The second kappa shape index (κ2) is 12.4. The number of carboxylic acids is 1. The molecule has 0 spiro atoms. The minimum atomic E-state index is -1.22. The van der Waals surface area contributed by atoms with E-state index in [4.69, 9.17) is 19.9 Å². The van der Waals surface area contributed by atoms with Crippen LogP contribution in [0.3, 0.4) is 0 Å². The molecule has 0 unspecified atom stereocenters. The minimum absolute atomic E-state index is 0.00811. The van der Waals surface area contributed by atoms with Crippen LogP contribution in [0.5, 0.6) is 0 Å². The maximum Gasteiger partial charge on any atom is 0.437 e. The maximum atomic E-state index is 12.6. The van der Waals surface area contributed by atoms with Crippen molar-refractivity contribution in [3.8, 4) is 0 Å². The summed E-state index contributed by atoms with van der Waals surface area (Å²) >= 11 is 0. The van der Waals surface area contributed by atoms with E-state index >= 15 is 0 Å². The first-order valence-electron chi connectivity index (χ1n) is 11.0. The highest BCUT2D eigenvalue weighted by atomic mass is 16.6. The van der Waals surface area contributed by atoms with Crippen LogP contribution in [0, 0.1) is 0 Å². The van der Waals surface area contributed by atoms with Crippen LogP contribution in [0.25, 0.3) is 0 Å². The molecule has 0 aromatic carbocycles. The van der Waals surface area contributed by atoms with E-state index in [9.17, 15) is 24.3 Å². The zero-order valence-corrected chi connectivity index (χ0v) is 21.7. The monoisotopic (exact) mass is 488 g/mol. The van der Waals surface area contributed by atoms with E-state index < -0.39 is 53.1 Å². The summed E-state index contributed by atoms with van der Waals surface area (Å²) in [6, 6.07) is -1.18. The lowest BCUT2D eigenvalue weighted by Crippen LogP contribution is -2.46. The number of ether oxygens (including phenoxy) is 3. The van der Waals surface area contributed by atoms with E-state index in [2.05, 4.69) is 10.3 Å². The smallest absolute Gasteiger partial charge is 0.437 e. The Hall–Kier alpha value is -3.05. The zero-order valence-electron chi connectivity index (χ0n) is 21.7. The second-order valence-electron chi connectivity index (χ2n) is 10.6. The number of carbonyl (C=O) groups is 4. The highest BCUT2D eigenvalue weighted by molar-refractivity contribution is 5.98. The van der Waals surface area contributed by atoms with Gasteiger partial charge in [0.1, 0.15) is 22.8 Å². The number of aliphatic carboxylic acids is 1. The lowest BCUT2D eigenvalue weighted by atomic mass is 10.1. The quantitative estimate of drug-likeness (QED) is 0.209. The number of amides is 3. The molecule has 0 rings (SSSR count). The molecular weight excluding hydrogens is 448 g/mol. The fourth-order valence-corrected chi connectivity index (χ4v) is 2.38. The average molecular weight is 489 g/mol. The molecular formula is C22H40N4O8. The van der Waals surface area contributed by atoms with Crippen molar-refractivity contribution in [1.29, 1.82) is 0 Å². The third kappa shape index (κ3) is 14.9. The normalized spacial score (nSPS) is 13.5. The number of guanidine groups is 1. The molecule has 0 aliphatic carbocycles. The molecule has 1 atom stereocenters. The number of carbonyl (C=O) groups excluding carboxylic acids is 3. The Morgan fingerprint density at radius 3 is 1.82 bits per heavy atom. The number of hydrogen-bond acceptors (Lipinski definition) is 7. The average Bonchev–Trinajstić information content (AvgIpc) is 2.54. The fourth-order valence-electron chi connectivity index (χ4n) is 2.38. The number of nitrogens with two attached hydrogens (primary N) is 1. The first-order chi connectivity index (χ1) is 15.2. The molecule has 12 nitrogen and oxygen atoms in total. The Kier molecular flexibility index (Phi) is 11.3. The Bertz CT molecular complexity index is 760. The van der Waals surface area contributed by atoms with Crippen LogP contribution in [-0.4, -0.2) is 69.6 Å². The lowest BCUT2D eigenvalue weighted by Gasteiger charge is -2.27. The Morgan fingerprint density at radius 2 is 1.38 bits per heavy atom. The number of aliphatic imine (C=N–C) groups is 1. The van der Waals surface area contributed by atoms with Gasteiger partial charge in [0.05, 0.1) is 0 Å². The minimum Gasteiger partial charge on any atom is -0.480 e. The van der Waals surface area contributed by atoms with Gasteiger partial charge in [0.2, 0.25) is 5.96 Å². The number of alkyl carbamates (subject to hydrolysis) is 1. The molecule has 0 fully saturated rings. The SMILES string of the molecule is CC(C)(C)OC(=O)N=C(N)N(CCCC[C@@H](NC(=O)OC(C)(C)C)C(=O)O)C(=O)OC(C)(C)C. The number of rotatable bonds is 7. The second-order valence-corrected chi connectivity index (χ2v) is 10.6. The highest BCUT2D eigenvalue weighted by Crippen LogP contribution is 2.13. The maximum absolute atomic E-state index is 12.6. The lowest BCUT2D eigenvalue weighted by molar-refractivity contribution is -0.139. The number of nitrogens with one attached hydrogen (secondary N) is 1. The summed E-state index contributed by atoms with van der Waals surface area (Å²) in [6.45, 7) is 15.0. The van der Waals surface area contributed by atoms with Gasteiger partial charge in [-0.2, -0.15) is 0 Å². The van der Waals surface area contributed by atoms with Crippen LogP contribution in [-0.2, 0) is 19.0 Å². The Morgan fingerprint density at radius 1 is 0.882 bits per heavy atom. The predicted octanol–water partition coefficient (Wildman–Crippen LogP) is 3.62. The summed E-state index contributed by atoms with van der Waals surface area (Å²) in [6.07, 6.45) is -1.98. The van der Waals surface area contributed by atoms with Crippen molar-refractivity contribution in [2.24, 2.45) is 10.7 Å². The molecule has 0 radical (unpaired) electrons. The van der Waals surface area contributed by atoms with Crippen LogP contribution in [0.4, 0.5) is 14.4 Å². The van der Waals surface area contributed by atoms with Gasteiger partial charge in [-0.3, -0.25) is 0 Å². The predicted molar refractivity (Wildman–Crippen MR) is 125 cm³/mol. The van der Waals surface area contributed by atoms with Gasteiger partial charge in [-0.25, -0.2) is 24.1 Å². The van der Waals surface area contributed by atoms with Crippen LogP contribution >= 0.6 is 0 Å². The van der Waals surface area contributed by atoms with Crippen molar-refractivity contribution in [3.05, 3.63) is 0 Å². The first kappa shape index (κ1) is 30.9. The molecule has 0 bridgehead atoms. The van der Waals surface area contributed by atoms with Gasteiger partial charge in [0.15, 0.2) is 0 Å². The number of unbranched alkanes of at least 4 members (excludes halogenated alkanes) is 1. The topological polar surface area (TPSA) is 170 Å². The molecule has 196 valence electrons. The fraction of sp³-hybridized carbons (Fsp3) is 0.773. The Balaban J connectivity index is 5.22. The van der Waals surface area contributed by atoms with Crippen molar-refractivity contribution >= 4 is 30.2 Å².